The average molecular weight is 271 g/mol. The van der Waals surface area contributed by atoms with Crippen LogP contribution in [0.25, 0.3) is 0 Å². The molecule has 0 amide bonds. The van der Waals surface area contributed by atoms with Crippen LogP contribution in [0.4, 0.5) is 0 Å². The molecule has 1 unspecified atom stereocenters. The summed E-state index contributed by atoms with van der Waals surface area (Å²) in [4.78, 5) is 2.37. The first-order chi connectivity index (χ1) is 9.81. The van der Waals surface area contributed by atoms with Crippen LogP contribution in [-0.4, -0.2) is 40.9 Å². The molecule has 2 aromatic rings. The van der Waals surface area contributed by atoms with Crippen LogP contribution >= 0.6 is 0 Å². The molecule has 3 rings (SSSR count). The van der Waals surface area contributed by atoms with Crippen LogP contribution in [0.15, 0.2) is 42.7 Å². The largest absolute Gasteiger partial charge is 0.489 e. The average Bonchev–Trinajstić information content (AvgIpc) is 3.07. The number of hydrogen-bond acceptors (Lipinski definition) is 3. The van der Waals surface area contributed by atoms with Crippen molar-refractivity contribution in [2.45, 2.75) is 25.4 Å². The molecule has 1 aromatic heterocycles. The lowest BCUT2D eigenvalue weighted by Crippen LogP contribution is -2.30. The van der Waals surface area contributed by atoms with Gasteiger partial charge in [-0.15, -0.1) is 0 Å². The molecule has 1 fully saturated rings. The lowest BCUT2D eigenvalue weighted by molar-refractivity contribution is 0.198. The number of ether oxygens (including phenoxy) is 1. The normalized spacial score (nSPS) is 19.4. The Morgan fingerprint density at radius 2 is 2.15 bits per heavy atom. The summed E-state index contributed by atoms with van der Waals surface area (Å²) < 4.78 is 7.77. The van der Waals surface area contributed by atoms with E-state index in [9.17, 15) is 0 Å². The Bertz CT molecular complexity index is 538. The van der Waals surface area contributed by atoms with Crippen molar-refractivity contribution in [3.05, 3.63) is 48.3 Å². The van der Waals surface area contributed by atoms with E-state index in [1.807, 2.05) is 29.1 Å². The Kier molecular flexibility index (Phi) is 4.02. The van der Waals surface area contributed by atoms with Crippen LogP contribution < -0.4 is 4.74 Å². The van der Waals surface area contributed by atoms with Gasteiger partial charge in [0.2, 0.25) is 0 Å². The van der Waals surface area contributed by atoms with Gasteiger partial charge in [0.05, 0.1) is 18.9 Å². The summed E-state index contributed by atoms with van der Waals surface area (Å²) in [5.74, 6) is 0.862. The fourth-order valence-corrected chi connectivity index (χ4v) is 2.66. The molecule has 106 valence electrons. The van der Waals surface area contributed by atoms with Gasteiger partial charge in [-0.3, -0.25) is 4.68 Å². The van der Waals surface area contributed by atoms with Gasteiger partial charge in [0, 0.05) is 6.04 Å². The Balaban J connectivity index is 1.54. The van der Waals surface area contributed by atoms with E-state index in [0.29, 0.717) is 6.04 Å². The molecule has 0 bridgehead atoms. The van der Waals surface area contributed by atoms with Gasteiger partial charge in [-0.1, -0.05) is 30.3 Å². The van der Waals surface area contributed by atoms with E-state index in [1.165, 1.54) is 24.9 Å². The van der Waals surface area contributed by atoms with Crippen molar-refractivity contribution < 1.29 is 4.74 Å². The van der Waals surface area contributed by atoms with Gasteiger partial charge in [-0.25, -0.2) is 0 Å². The van der Waals surface area contributed by atoms with Gasteiger partial charge in [-0.05, 0) is 32.0 Å². The second-order valence-corrected chi connectivity index (χ2v) is 5.45. The number of benzene rings is 1. The highest BCUT2D eigenvalue weighted by molar-refractivity contribution is 5.17. The summed E-state index contributed by atoms with van der Waals surface area (Å²) >= 11 is 0. The number of nitrogens with zero attached hydrogens (tertiary/aromatic N) is 3. The van der Waals surface area contributed by atoms with Crippen LogP contribution in [0, 0.1) is 0 Å². The van der Waals surface area contributed by atoms with Crippen molar-refractivity contribution in [1.29, 1.82) is 0 Å². The Morgan fingerprint density at radius 3 is 2.90 bits per heavy atom. The molecule has 0 spiro atoms. The van der Waals surface area contributed by atoms with E-state index in [1.54, 1.807) is 6.20 Å². The molecule has 0 saturated carbocycles. The van der Waals surface area contributed by atoms with Crippen molar-refractivity contribution in [3.8, 4) is 5.75 Å². The van der Waals surface area contributed by atoms with E-state index >= 15 is 0 Å². The Labute approximate surface area is 120 Å². The fourth-order valence-electron chi connectivity index (χ4n) is 2.66. The molecule has 4 heteroatoms. The zero-order chi connectivity index (χ0) is 13.8. The summed E-state index contributed by atoms with van der Waals surface area (Å²) in [7, 11) is 2.17. The number of likely N-dealkylation sites (N-methyl/N-ethyl adjacent to an activating group) is 1. The second-order valence-electron chi connectivity index (χ2n) is 5.45. The van der Waals surface area contributed by atoms with Crippen molar-refractivity contribution in [1.82, 2.24) is 14.7 Å². The fraction of sp³-hybridized carbons (Fsp3) is 0.438. The topological polar surface area (TPSA) is 30.3 Å². The summed E-state index contributed by atoms with van der Waals surface area (Å²) in [6, 6.07) is 10.9. The van der Waals surface area contributed by atoms with E-state index in [0.717, 1.165) is 18.9 Å². The molecule has 1 atom stereocenters. The molecule has 0 aliphatic carbocycles. The highest BCUT2D eigenvalue weighted by Crippen LogP contribution is 2.17. The van der Waals surface area contributed by atoms with E-state index in [4.69, 9.17) is 4.74 Å². The van der Waals surface area contributed by atoms with Crippen molar-refractivity contribution in [3.63, 3.8) is 0 Å². The summed E-state index contributed by atoms with van der Waals surface area (Å²) in [5, 5.41) is 4.35. The highest BCUT2D eigenvalue weighted by atomic mass is 16.5. The van der Waals surface area contributed by atoms with Gasteiger partial charge in [0.25, 0.3) is 0 Å². The number of rotatable bonds is 5. The quantitative estimate of drug-likeness (QED) is 0.836. The predicted molar refractivity (Wildman–Crippen MR) is 78.9 cm³/mol. The number of hydrogen-bond donors (Lipinski definition) is 0. The first kappa shape index (κ1) is 13.2. The van der Waals surface area contributed by atoms with Gasteiger partial charge in [-0.2, -0.15) is 5.10 Å². The van der Waals surface area contributed by atoms with Crippen LogP contribution in [-0.2, 0) is 6.54 Å². The standard InChI is InChI=1S/C16H21N3O/c1-18-9-5-8-15(18)13-20-16-10-17-19(12-16)11-14-6-3-2-4-7-14/h2-4,6-7,10,12,15H,5,8-9,11,13H2,1H3. The van der Waals surface area contributed by atoms with Crippen LogP contribution in [0.1, 0.15) is 18.4 Å². The predicted octanol–water partition coefficient (Wildman–Crippen LogP) is 2.40. The zero-order valence-electron chi connectivity index (χ0n) is 11.9. The van der Waals surface area contributed by atoms with Gasteiger partial charge in [0.1, 0.15) is 6.61 Å². The van der Waals surface area contributed by atoms with Crippen LogP contribution in [0.5, 0.6) is 5.75 Å². The monoisotopic (exact) mass is 271 g/mol. The minimum absolute atomic E-state index is 0.549. The van der Waals surface area contributed by atoms with E-state index < -0.39 is 0 Å². The van der Waals surface area contributed by atoms with E-state index in [-0.39, 0.29) is 0 Å². The Morgan fingerprint density at radius 1 is 1.30 bits per heavy atom. The first-order valence-corrected chi connectivity index (χ1v) is 7.21. The molecule has 20 heavy (non-hydrogen) atoms. The first-order valence-electron chi connectivity index (χ1n) is 7.21. The summed E-state index contributed by atoms with van der Waals surface area (Å²) in [6.07, 6.45) is 6.28. The molecule has 1 aliphatic heterocycles. The lowest BCUT2D eigenvalue weighted by Gasteiger charge is -2.18. The molecular weight excluding hydrogens is 250 g/mol. The third-order valence-corrected chi connectivity index (χ3v) is 3.91. The minimum Gasteiger partial charge on any atom is -0.489 e. The van der Waals surface area contributed by atoms with E-state index in [2.05, 4.69) is 29.2 Å². The van der Waals surface area contributed by atoms with Crippen molar-refractivity contribution >= 4 is 0 Å². The van der Waals surface area contributed by atoms with Crippen LogP contribution in [0.2, 0.25) is 0 Å². The maximum Gasteiger partial charge on any atom is 0.157 e. The van der Waals surface area contributed by atoms with Crippen molar-refractivity contribution in [2.75, 3.05) is 20.2 Å². The number of likely N-dealkylation sites (tertiary alicyclic amines) is 1. The molecule has 0 N–H and O–H groups in total. The molecule has 0 radical (unpaired) electrons. The maximum atomic E-state index is 5.85. The highest BCUT2D eigenvalue weighted by Gasteiger charge is 2.21. The molecule has 2 heterocycles. The molecule has 1 saturated heterocycles. The summed E-state index contributed by atoms with van der Waals surface area (Å²) in [5.41, 5.74) is 1.25. The summed E-state index contributed by atoms with van der Waals surface area (Å²) in [6.45, 7) is 2.72. The number of aromatic nitrogens is 2. The molecule has 4 nitrogen and oxygen atoms in total. The third-order valence-electron chi connectivity index (χ3n) is 3.91. The van der Waals surface area contributed by atoms with Gasteiger partial charge >= 0.3 is 0 Å². The SMILES string of the molecule is CN1CCCC1COc1cnn(Cc2ccccc2)c1. The molecule has 1 aromatic carbocycles. The van der Waals surface area contributed by atoms with Gasteiger partial charge in [0.15, 0.2) is 5.75 Å². The van der Waals surface area contributed by atoms with Gasteiger partial charge < -0.3 is 9.64 Å². The maximum absolute atomic E-state index is 5.85. The zero-order valence-corrected chi connectivity index (χ0v) is 11.9. The second kappa shape index (κ2) is 6.09. The third kappa shape index (κ3) is 3.20. The lowest BCUT2D eigenvalue weighted by atomic mass is 10.2. The molecular formula is C16H21N3O. The minimum atomic E-state index is 0.549. The molecule has 1 aliphatic rings. The van der Waals surface area contributed by atoms with Crippen LogP contribution in [0.3, 0.4) is 0 Å². The smallest absolute Gasteiger partial charge is 0.157 e. The Hall–Kier alpha value is -1.81. The van der Waals surface area contributed by atoms with Crippen molar-refractivity contribution in [2.24, 2.45) is 0 Å².